The van der Waals surface area contributed by atoms with Crippen LogP contribution in [0.1, 0.15) is 31.8 Å². The SMILES string of the molecule is N#CC(=Cc1cn(Cc2cccc(C(=O)O)c2)c2ccccc12)C(=O)Nc1cccc(C(=O)O)c1. The molecule has 0 unspecified atom stereocenters. The second-order valence-corrected chi connectivity index (χ2v) is 7.74. The highest BCUT2D eigenvalue weighted by Gasteiger charge is 2.14. The number of carbonyl (C=O) groups is 3. The molecule has 8 heteroatoms. The molecule has 1 amide bonds. The lowest BCUT2D eigenvalue weighted by atomic mass is 10.1. The van der Waals surface area contributed by atoms with Gasteiger partial charge in [-0.3, -0.25) is 4.79 Å². The van der Waals surface area contributed by atoms with Crippen molar-refractivity contribution >= 4 is 40.5 Å². The number of nitriles is 1. The zero-order valence-corrected chi connectivity index (χ0v) is 18.3. The summed E-state index contributed by atoms with van der Waals surface area (Å²) >= 11 is 0. The molecule has 0 atom stereocenters. The number of benzene rings is 3. The van der Waals surface area contributed by atoms with Crippen molar-refractivity contribution in [2.75, 3.05) is 5.32 Å². The Morgan fingerprint density at radius 2 is 1.60 bits per heavy atom. The Kier molecular flexibility index (Phi) is 6.42. The number of hydrogen-bond donors (Lipinski definition) is 3. The van der Waals surface area contributed by atoms with Crippen LogP contribution in [0.3, 0.4) is 0 Å². The molecule has 0 bridgehead atoms. The summed E-state index contributed by atoms with van der Waals surface area (Å²) < 4.78 is 1.92. The minimum atomic E-state index is -1.13. The Morgan fingerprint density at radius 1 is 0.914 bits per heavy atom. The van der Waals surface area contributed by atoms with Crippen molar-refractivity contribution in [3.63, 3.8) is 0 Å². The van der Waals surface area contributed by atoms with Crippen LogP contribution in [0.5, 0.6) is 0 Å². The molecule has 0 aliphatic heterocycles. The van der Waals surface area contributed by atoms with Gasteiger partial charge in [0.25, 0.3) is 5.91 Å². The Hall–Kier alpha value is -5.16. The van der Waals surface area contributed by atoms with Crippen molar-refractivity contribution in [1.82, 2.24) is 4.57 Å². The maximum atomic E-state index is 12.8. The van der Waals surface area contributed by atoms with E-state index in [0.29, 0.717) is 12.1 Å². The van der Waals surface area contributed by atoms with Crippen LogP contribution in [0.2, 0.25) is 0 Å². The zero-order valence-electron chi connectivity index (χ0n) is 18.3. The average molecular weight is 465 g/mol. The molecule has 3 aromatic carbocycles. The fourth-order valence-electron chi connectivity index (χ4n) is 3.75. The van der Waals surface area contributed by atoms with Crippen molar-refractivity contribution < 1.29 is 24.6 Å². The van der Waals surface area contributed by atoms with Gasteiger partial charge in [0.1, 0.15) is 11.6 Å². The molecule has 1 aromatic heterocycles. The molecular formula is C27H19N3O5. The second-order valence-electron chi connectivity index (χ2n) is 7.74. The molecule has 0 fully saturated rings. The molecule has 172 valence electrons. The van der Waals surface area contributed by atoms with Gasteiger partial charge in [-0.15, -0.1) is 0 Å². The van der Waals surface area contributed by atoms with Gasteiger partial charge in [0, 0.05) is 34.9 Å². The van der Waals surface area contributed by atoms with Gasteiger partial charge in [0.2, 0.25) is 0 Å². The lowest BCUT2D eigenvalue weighted by molar-refractivity contribution is -0.112. The number of fused-ring (bicyclic) bond motifs is 1. The largest absolute Gasteiger partial charge is 0.478 e. The first kappa shape index (κ1) is 23.0. The first-order valence-electron chi connectivity index (χ1n) is 10.5. The summed E-state index contributed by atoms with van der Waals surface area (Å²) in [6.07, 6.45) is 3.27. The summed E-state index contributed by atoms with van der Waals surface area (Å²) in [7, 11) is 0. The number of amides is 1. The number of aromatic nitrogens is 1. The molecule has 35 heavy (non-hydrogen) atoms. The molecule has 4 aromatic rings. The zero-order chi connectivity index (χ0) is 24.9. The summed E-state index contributed by atoms with van der Waals surface area (Å²) in [5.41, 5.74) is 2.60. The molecule has 4 rings (SSSR count). The van der Waals surface area contributed by atoms with Crippen molar-refractivity contribution in [2.45, 2.75) is 6.54 Å². The summed E-state index contributed by atoms with van der Waals surface area (Å²) in [6.45, 7) is 0.394. The normalized spacial score (nSPS) is 11.1. The van der Waals surface area contributed by atoms with Crippen LogP contribution in [0.25, 0.3) is 17.0 Å². The molecule has 8 nitrogen and oxygen atoms in total. The standard InChI is InChI=1S/C27H19N3O5/c28-14-20(25(31)29-22-8-4-7-19(13-22)27(34)35)12-21-16-30(24-10-2-1-9-23(21)24)15-17-5-3-6-18(11-17)26(32)33/h1-13,16H,15H2,(H,29,31)(H,32,33)(H,34,35). The monoisotopic (exact) mass is 465 g/mol. The molecule has 0 saturated heterocycles. The summed E-state index contributed by atoms with van der Waals surface area (Å²) in [6, 6.07) is 21.8. The fraction of sp³-hybridized carbons (Fsp3) is 0.0370. The highest BCUT2D eigenvalue weighted by Crippen LogP contribution is 2.25. The van der Waals surface area contributed by atoms with Crippen molar-refractivity contribution in [3.8, 4) is 6.07 Å². The van der Waals surface area contributed by atoms with Gasteiger partial charge in [0.15, 0.2) is 0 Å². The lowest BCUT2D eigenvalue weighted by Crippen LogP contribution is -2.13. The van der Waals surface area contributed by atoms with Crippen molar-refractivity contribution in [2.24, 2.45) is 0 Å². The smallest absolute Gasteiger partial charge is 0.335 e. The Morgan fingerprint density at radius 3 is 2.31 bits per heavy atom. The fourth-order valence-corrected chi connectivity index (χ4v) is 3.75. The van der Waals surface area contributed by atoms with Gasteiger partial charge in [-0.2, -0.15) is 5.26 Å². The minimum absolute atomic E-state index is 0.0142. The molecular weight excluding hydrogens is 446 g/mol. The van der Waals surface area contributed by atoms with E-state index in [9.17, 15) is 24.8 Å². The van der Waals surface area contributed by atoms with Gasteiger partial charge in [-0.05, 0) is 48.0 Å². The van der Waals surface area contributed by atoms with E-state index in [1.54, 1.807) is 18.3 Å². The van der Waals surface area contributed by atoms with Gasteiger partial charge in [-0.25, -0.2) is 9.59 Å². The Labute approximate surface area is 200 Å². The first-order valence-corrected chi connectivity index (χ1v) is 10.5. The lowest BCUT2D eigenvalue weighted by Gasteiger charge is -2.06. The van der Waals surface area contributed by atoms with Crippen molar-refractivity contribution in [1.29, 1.82) is 5.26 Å². The predicted octanol–water partition coefficient (Wildman–Crippen LogP) is 4.63. The predicted molar refractivity (Wildman–Crippen MR) is 130 cm³/mol. The van der Waals surface area contributed by atoms with E-state index in [-0.39, 0.29) is 22.4 Å². The number of nitrogens with one attached hydrogen (secondary N) is 1. The van der Waals surface area contributed by atoms with Gasteiger partial charge in [-0.1, -0.05) is 36.4 Å². The molecule has 1 heterocycles. The van der Waals surface area contributed by atoms with E-state index >= 15 is 0 Å². The number of carboxylic acid groups (broad SMARTS) is 2. The molecule has 0 aliphatic rings. The quantitative estimate of drug-likeness (QED) is 0.269. The topological polar surface area (TPSA) is 132 Å². The summed E-state index contributed by atoms with van der Waals surface area (Å²) in [5.74, 6) is -2.80. The number of anilines is 1. The van der Waals surface area contributed by atoms with Crippen LogP contribution in [0.15, 0.2) is 84.6 Å². The summed E-state index contributed by atoms with van der Waals surface area (Å²) in [5, 5.41) is 31.4. The van der Waals surface area contributed by atoms with Crippen LogP contribution in [-0.2, 0) is 11.3 Å². The van der Waals surface area contributed by atoms with E-state index in [2.05, 4.69) is 5.32 Å². The summed E-state index contributed by atoms with van der Waals surface area (Å²) in [4.78, 5) is 35.2. The first-order chi connectivity index (χ1) is 16.9. The van der Waals surface area contributed by atoms with E-state index in [1.807, 2.05) is 41.0 Å². The van der Waals surface area contributed by atoms with E-state index in [1.165, 1.54) is 36.4 Å². The highest BCUT2D eigenvalue weighted by atomic mass is 16.4. The number of rotatable bonds is 7. The number of hydrogen-bond acceptors (Lipinski definition) is 4. The van der Waals surface area contributed by atoms with E-state index < -0.39 is 17.8 Å². The average Bonchev–Trinajstić information content (AvgIpc) is 3.19. The molecule has 0 aliphatic carbocycles. The molecule has 0 saturated carbocycles. The van der Waals surface area contributed by atoms with Crippen LogP contribution in [0, 0.1) is 11.3 Å². The van der Waals surface area contributed by atoms with Crippen LogP contribution >= 0.6 is 0 Å². The third kappa shape index (κ3) is 5.10. The van der Waals surface area contributed by atoms with Crippen LogP contribution in [-0.4, -0.2) is 32.6 Å². The van der Waals surface area contributed by atoms with Gasteiger partial charge >= 0.3 is 11.9 Å². The highest BCUT2D eigenvalue weighted by molar-refractivity contribution is 6.11. The third-order valence-electron chi connectivity index (χ3n) is 5.38. The number of carboxylic acids is 2. The molecule has 3 N–H and O–H groups in total. The third-order valence-corrected chi connectivity index (χ3v) is 5.38. The Bertz CT molecular complexity index is 1540. The number of carbonyl (C=O) groups excluding carboxylic acids is 1. The van der Waals surface area contributed by atoms with Crippen LogP contribution in [0.4, 0.5) is 5.69 Å². The Balaban J connectivity index is 1.67. The minimum Gasteiger partial charge on any atom is -0.478 e. The number of nitrogens with zero attached hydrogens (tertiary/aromatic N) is 2. The van der Waals surface area contributed by atoms with Crippen molar-refractivity contribution in [3.05, 3.63) is 107 Å². The molecule has 0 radical (unpaired) electrons. The van der Waals surface area contributed by atoms with E-state index in [4.69, 9.17) is 5.11 Å². The van der Waals surface area contributed by atoms with Crippen LogP contribution < -0.4 is 5.32 Å². The second kappa shape index (κ2) is 9.77. The van der Waals surface area contributed by atoms with E-state index in [0.717, 1.165) is 16.5 Å². The van der Waals surface area contributed by atoms with Gasteiger partial charge in [0.05, 0.1) is 11.1 Å². The number of para-hydroxylation sites is 1. The maximum Gasteiger partial charge on any atom is 0.335 e. The number of aromatic carboxylic acids is 2. The molecule has 0 spiro atoms. The maximum absolute atomic E-state index is 12.8. The van der Waals surface area contributed by atoms with Gasteiger partial charge < -0.3 is 20.1 Å².